The number of nitrogen functional groups attached to an aromatic ring is 2. The first-order chi connectivity index (χ1) is 49.0. The van der Waals surface area contributed by atoms with Crippen LogP contribution in [0.1, 0.15) is 66.3 Å². The van der Waals surface area contributed by atoms with E-state index in [2.05, 4.69) is 48.9 Å². The second-order valence-electron chi connectivity index (χ2n) is 22.4. The number of anilines is 2. The van der Waals surface area contributed by atoms with E-state index in [-0.39, 0.29) is 50.7 Å². The molecule has 8 aromatic heterocycles. The van der Waals surface area contributed by atoms with Crippen molar-refractivity contribution in [3.05, 3.63) is 146 Å². The Hall–Kier alpha value is -8.70. The zero-order chi connectivity index (χ0) is 75.9. The molecule has 0 saturated carbocycles. The molecule has 8 aromatic rings. The number of aliphatic hydroxyl groups excluding tert-OH is 8. The SMILES string of the molecule is NC(=O)c1ccc[n+](C2OC(COP(=O)([O-])P(=O)(O)OCC3OC(n4cnc5c(N)ncnc54)C(O)C3O)C(O)C2O)c1.NC(=O)c1ccc[n+](C2OC(COP(=O)([O-])P(=O)(O)OCC3OC(n4cnc5c(N)ncnc54)C(O)C3O)C(O)C2O)c1.NC(=O)c1cccnc1.O=C(O)c1cccnc1. The number of hydrogen-bond acceptors (Lipinski definition) is 36. The van der Waals surface area contributed by atoms with Gasteiger partial charge in [0.2, 0.25) is 20.5 Å². The van der Waals surface area contributed by atoms with Gasteiger partial charge in [0.1, 0.15) is 95.9 Å². The third kappa shape index (κ3) is 17.8. The predicted molar refractivity (Wildman–Crippen MR) is 336 cm³/mol. The summed E-state index contributed by atoms with van der Waals surface area (Å²) in [6.45, 7) is -3.95. The van der Waals surface area contributed by atoms with Crippen LogP contribution in [0.15, 0.2) is 123 Å². The Morgan fingerprint density at radius 2 is 0.827 bits per heavy atom. The predicted octanol–water partition coefficient (Wildman–Crippen LogP) is -6.20. The quantitative estimate of drug-likeness (QED) is 0.0222. The highest BCUT2D eigenvalue weighted by atomic mass is 32.1. The lowest BCUT2D eigenvalue weighted by Crippen LogP contribution is -2.46. The number of carbonyl (C=O) groups is 4. The second kappa shape index (κ2) is 33.2. The average Bonchev–Trinajstić information content (AvgIpc) is 0.804. The zero-order valence-electron chi connectivity index (χ0n) is 52.9. The summed E-state index contributed by atoms with van der Waals surface area (Å²) in [5, 5.41) is 91.7. The first-order valence-corrected chi connectivity index (χ1v) is 37.4. The van der Waals surface area contributed by atoms with Crippen molar-refractivity contribution < 1.29 is 149 Å². The molecule has 46 nitrogen and oxygen atoms in total. The monoisotopic (exact) mass is 1540 g/mol. The van der Waals surface area contributed by atoms with Crippen molar-refractivity contribution in [3.63, 3.8) is 0 Å². The van der Waals surface area contributed by atoms with Crippen LogP contribution in [0.5, 0.6) is 0 Å². The Kier molecular flexibility index (Phi) is 25.3. The van der Waals surface area contributed by atoms with Crippen LogP contribution >= 0.6 is 29.1 Å². The number of hydrogen-bond donors (Lipinski definition) is 16. The number of carboxylic acid groups (broad SMARTS) is 1. The Morgan fingerprint density at radius 1 is 0.481 bits per heavy atom. The number of carboxylic acids is 1. The first-order valence-electron chi connectivity index (χ1n) is 29.8. The molecule has 0 radical (unpaired) electrons. The molecule has 560 valence electrons. The molecule has 3 amide bonds. The maximum atomic E-state index is 12.6. The standard InChI is InChI=1S/2C21H27N7O13P2.C6H6N2O.C6H5NO2/c2*22-17-12-19(25-7-24-17)28(8-26-12)21-16(32)14(30)11(41-21)6-39-43(36,37)42(34,35)38-5-10-13(29)15(31)20(40-10)27-3-1-2-9(4-27)18(23)33;7-6(9)5-2-1-3-8-4-5;8-6(9)5-2-1-3-7-4-5/h2*1-4,7-8,10-11,13-16,20-21,29-32H,5-6H2,(H5-,22,23,24,25,33,34,35,36,37);1-4H,(H2,7,9);1-4H,(H,8,9). The lowest BCUT2D eigenvalue weighted by molar-refractivity contribution is -0.766. The number of nitrogens with two attached hydrogens (primary N) is 5. The number of ether oxygens (including phenoxy) is 4. The van der Waals surface area contributed by atoms with E-state index in [0.29, 0.717) is 5.56 Å². The maximum absolute atomic E-state index is 12.6. The smallest absolute Gasteiger partial charge is 0.396 e. The molecular weight excluding hydrogens is 1470 g/mol. The molecule has 0 bridgehead atoms. The van der Waals surface area contributed by atoms with E-state index < -0.39 is 177 Å². The van der Waals surface area contributed by atoms with Gasteiger partial charge < -0.3 is 122 Å². The third-order valence-corrected chi connectivity index (χ3v) is 23.8. The highest BCUT2D eigenvalue weighted by Crippen LogP contribution is 2.76. The highest BCUT2D eigenvalue weighted by molar-refractivity contribution is 8.26. The minimum Gasteiger partial charge on any atom is -0.770 e. The van der Waals surface area contributed by atoms with Gasteiger partial charge in [-0.3, -0.25) is 60.8 Å². The van der Waals surface area contributed by atoms with Crippen LogP contribution in [-0.2, 0) is 55.3 Å². The number of primary amides is 3. The number of carbonyl (C=O) groups excluding carboxylic acids is 3. The number of imidazole rings is 2. The second-order valence-corrected chi connectivity index (χ2v) is 33.3. The first kappa shape index (κ1) is 79.4. The van der Waals surface area contributed by atoms with Gasteiger partial charge >= 0.3 is 20.5 Å². The molecule has 20 unspecified atom stereocenters. The third-order valence-electron chi connectivity index (χ3n) is 15.6. The van der Waals surface area contributed by atoms with Crippen LogP contribution < -0.4 is 47.6 Å². The fourth-order valence-corrected chi connectivity index (χ4v) is 14.5. The largest absolute Gasteiger partial charge is 0.770 e. The lowest BCUT2D eigenvalue weighted by atomic mass is 10.1. The molecule has 4 fully saturated rings. The minimum absolute atomic E-state index is 0.0423. The van der Waals surface area contributed by atoms with E-state index in [1.165, 1.54) is 105 Å². The summed E-state index contributed by atoms with van der Waals surface area (Å²) in [6.07, 6.45) is -8.57. The van der Waals surface area contributed by atoms with Crippen molar-refractivity contribution in [1.29, 1.82) is 0 Å². The van der Waals surface area contributed by atoms with E-state index in [1.807, 2.05) is 0 Å². The molecule has 104 heavy (non-hydrogen) atoms. The number of pyridine rings is 4. The van der Waals surface area contributed by atoms with Crippen molar-refractivity contribution in [1.82, 2.24) is 49.0 Å². The summed E-state index contributed by atoms with van der Waals surface area (Å²) < 4.78 is 96.0. The summed E-state index contributed by atoms with van der Waals surface area (Å²) in [5.41, 5.74) is 28.4. The number of fused-ring (bicyclic) bond motifs is 2. The van der Waals surface area contributed by atoms with E-state index in [9.17, 15) is 97.9 Å². The van der Waals surface area contributed by atoms with Crippen molar-refractivity contribution in [2.75, 3.05) is 37.9 Å². The van der Waals surface area contributed by atoms with Gasteiger partial charge in [-0.25, -0.2) is 34.7 Å². The van der Waals surface area contributed by atoms with Gasteiger partial charge in [-0.15, -0.1) is 0 Å². The van der Waals surface area contributed by atoms with Gasteiger partial charge in [-0.05, 0) is 36.4 Å². The molecule has 0 aliphatic carbocycles. The van der Waals surface area contributed by atoms with E-state index >= 15 is 0 Å². The molecular formula is C54H65N17O29P4. The summed E-state index contributed by atoms with van der Waals surface area (Å²) in [5.74, 6) is -2.85. The fraction of sp³-hybridized carbons (Fsp3) is 0.370. The molecule has 21 N–H and O–H groups in total. The highest BCUT2D eigenvalue weighted by Gasteiger charge is 2.53. The van der Waals surface area contributed by atoms with Crippen molar-refractivity contribution in [2.45, 2.75) is 98.2 Å². The van der Waals surface area contributed by atoms with Gasteiger partial charge in [0.05, 0.1) is 50.2 Å². The summed E-state index contributed by atoms with van der Waals surface area (Å²) >= 11 is 0. The Morgan fingerprint density at radius 3 is 1.16 bits per heavy atom. The summed E-state index contributed by atoms with van der Waals surface area (Å²) in [4.78, 5) is 120. The van der Waals surface area contributed by atoms with Gasteiger partial charge in [0.15, 0.2) is 72.4 Å². The van der Waals surface area contributed by atoms with Crippen LogP contribution in [-0.4, -0.2) is 228 Å². The molecule has 12 rings (SSSR count). The van der Waals surface area contributed by atoms with Gasteiger partial charge in [-0.2, -0.15) is 9.13 Å². The van der Waals surface area contributed by atoms with Crippen LogP contribution in [0.3, 0.4) is 0 Å². The molecule has 50 heteroatoms. The number of aliphatic hydroxyl groups is 8. The molecule has 4 aliphatic heterocycles. The van der Waals surface area contributed by atoms with Crippen LogP contribution in [0.25, 0.3) is 22.3 Å². The van der Waals surface area contributed by atoms with Crippen molar-refractivity contribution in [3.8, 4) is 0 Å². The normalized spacial score (nSPS) is 28.0. The Balaban J connectivity index is 0.000000194. The zero-order valence-corrected chi connectivity index (χ0v) is 56.5. The van der Waals surface area contributed by atoms with E-state index in [1.54, 1.807) is 24.4 Å². The minimum atomic E-state index is -5.75. The van der Waals surface area contributed by atoms with Crippen LogP contribution in [0.2, 0.25) is 0 Å². The average molecular weight is 1540 g/mol. The summed E-state index contributed by atoms with van der Waals surface area (Å²) in [6, 6.07) is 12.0. The molecule has 0 aromatic carbocycles. The lowest BCUT2D eigenvalue weighted by Gasteiger charge is -2.29. The molecule has 20 atom stereocenters. The maximum Gasteiger partial charge on any atom is 0.396 e. The van der Waals surface area contributed by atoms with Crippen LogP contribution in [0, 0.1) is 0 Å². The van der Waals surface area contributed by atoms with Gasteiger partial charge in [0, 0.05) is 36.9 Å². The summed E-state index contributed by atoms with van der Waals surface area (Å²) in [7, 11) is -22.7. The number of nitrogens with zero attached hydrogens (tertiary/aromatic N) is 12. The molecule has 4 aliphatic rings. The van der Waals surface area contributed by atoms with Crippen molar-refractivity contribution >= 4 is 86.8 Å². The van der Waals surface area contributed by atoms with E-state index in [0.717, 1.165) is 12.7 Å². The van der Waals surface area contributed by atoms with E-state index in [4.69, 9.17) is 61.8 Å². The number of aromatic carboxylic acids is 1. The van der Waals surface area contributed by atoms with Crippen LogP contribution in [0.4, 0.5) is 11.6 Å². The fourth-order valence-electron chi connectivity index (χ4n) is 10.1. The number of amides is 3. The molecule has 0 spiro atoms. The number of rotatable bonds is 22. The van der Waals surface area contributed by atoms with Gasteiger partial charge in [-0.1, -0.05) is 0 Å². The Labute approximate surface area is 582 Å². The number of aromatic nitrogens is 12. The molecule has 12 heterocycles. The Bertz CT molecular complexity index is 4300. The van der Waals surface area contributed by atoms with Crippen molar-refractivity contribution in [2.24, 2.45) is 17.2 Å². The van der Waals surface area contributed by atoms with Gasteiger partial charge in [0.25, 0.3) is 24.3 Å². The topological polar surface area (TPSA) is 730 Å². The molecule has 4 saturated heterocycles.